The van der Waals surface area contributed by atoms with Gasteiger partial charge in [0.1, 0.15) is 5.84 Å². The minimum atomic E-state index is -0.107. The van der Waals surface area contributed by atoms with Crippen molar-refractivity contribution in [3.8, 4) is 0 Å². The molecule has 2 aliphatic heterocycles. The van der Waals surface area contributed by atoms with Crippen LogP contribution in [0.1, 0.15) is 16.7 Å². The molecule has 0 saturated carbocycles. The number of nitrogens with one attached hydrogen (secondary N) is 1. The predicted molar refractivity (Wildman–Crippen MR) is 99.1 cm³/mol. The first-order chi connectivity index (χ1) is 11.9. The number of amidine groups is 1. The second-order valence-electron chi connectivity index (χ2n) is 6.67. The normalized spacial score (nSPS) is 20.9. The number of hydrogen-bond acceptors (Lipinski definition) is 2. The molecule has 2 heteroatoms. The molecule has 5 rings (SSSR count). The van der Waals surface area contributed by atoms with Crippen molar-refractivity contribution < 1.29 is 0 Å². The average molecular weight is 310 g/mol. The highest BCUT2D eigenvalue weighted by Crippen LogP contribution is 2.44. The van der Waals surface area contributed by atoms with E-state index >= 15 is 0 Å². The van der Waals surface area contributed by atoms with Crippen LogP contribution in [-0.2, 0) is 18.3 Å². The van der Waals surface area contributed by atoms with Crippen molar-refractivity contribution in [3.63, 3.8) is 0 Å². The second kappa shape index (κ2) is 5.07. The molecule has 2 nitrogen and oxygen atoms in total. The van der Waals surface area contributed by atoms with Crippen LogP contribution in [0.25, 0.3) is 0 Å². The third-order valence-electron chi connectivity index (χ3n) is 5.26. The SMILES string of the molecule is c1ccc(C23Cc4ccccc4N=C2Nc2ccccc2C3)cc1. The highest BCUT2D eigenvalue weighted by molar-refractivity contribution is 6.08. The van der Waals surface area contributed by atoms with Crippen LogP contribution in [0.5, 0.6) is 0 Å². The minimum Gasteiger partial charge on any atom is -0.343 e. The van der Waals surface area contributed by atoms with E-state index in [9.17, 15) is 0 Å². The number of nitrogens with zero attached hydrogens (tertiary/aromatic N) is 1. The highest BCUT2D eigenvalue weighted by atomic mass is 15.0. The lowest BCUT2D eigenvalue weighted by atomic mass is 9.67. The molecule has 2 aliphatic rings. The van der Waals surface area contributed by atoms with Gasteiger partial charge >= 0.3 is 0 Å². The zero-order valence-corrected chi connectivity index (χ0v) is 13.4. The van der Waals surface area contributed by atoms with Gasteiger partial charge in [-0.05, 0) is 41.7 Å². The Balaban J connectivity index is 1.75. The van der Waals surface area contributed by atoms with E-state index < -0.39 is 0 Å². The summed E-state index contributed by atoms with van der Waals surface area (Å²) in [4.78, 5) is 5.02. The number of fused-ring (bicyclic) bond motifs is 3. The standard InChI is InChI=1S/C22H18N2/c1-2-10-18(11-3-1)22-14-16-8-4-6-12-19(16)23-21(22)24-20-13-7-5-9-17(20)15-22/h1-13H,14-15H2,(H,23,24). The number of rotatable bonds is 1. The number of para-hydroxylation sites is 2. The summed E-state index contributed by atoms with van der Waals surface area (Å²) in [6.45, 7) is 0. The number of hydrogen-bond donors (Lipinski definition) is 1. The van der Waals surface area contributed by atoms with Crippen molar-refractivity contribution in [1.82, 2.24) is 0 Å². The topological polar surface area (TPSA) is 24.4 Å². The van der Waals surface area contributed by atoms with Gasteiger partial charge < -0.3 is 5.32 Å². The van der Waals surface area contributed by atoms with E-state index in [1.165, 1.54) is 22.4 Å². The van der Waals surface area contributed by atoms with Crippen LogP contribution in [-0.4, -0.2) is 5.84 Å². The van der Waals surface area contributed by atoms with Crippen LogP contribution in [0.4, 0.5) is 11.4 Å². The molecule has 0 spiro atoms. The summed E-state index contributed by atoms with van der Waals surface area (Å²) in [6, 6.07) is 27.9. The molecule has 3 aromatic carbocycles. The lowest BCUT2D eigenvalue weighted by Gasteiger charge is -2.43. The summed E-state index contributed by atoms with van der Waals surface area (Å²) < 4.78 is 0. The van der Waals surface area contributed by atoms with Crippen LogP contribution >= 0.6 is 0 Å². The molecule has 116 valence electrons. The molecule has 0 aromatic heterocycles. The molecule has 1 atom stereocenters. The smallest absolute Gasteiger partial charge is 0.118 e. The van der Waals surface area contributed by atoms with Gasteiger partial charge in [0.2, 0.25) is 0 Å². The highest BCUT2D eigenvalue weighted by Gasteiger charge is 2.44. The molecule has 0 saturated heterocycles. The molecule has 0 aliphatic carbocycles. The van der Waals surface area contributed by atoms with Gasteiger partial charge in [0.25, 0.3) is 0 Å². The van der Waals surface area contributed by atoms with Crippen molar-refractivity contribution in [1.29, 1.82) is 0 Å². The number of aliphatic imine (C=N–C) groups is 1. The van der Waals surface area contributed by atoms with Crippen LogP contribution in [0.3, 0.4) is 0 Å². The van der Waals surface area contributed by atoms with Crippen molar-refractivity contribution in [3.05, 3.63) is 95.6 Å². The maximum Gasteiger partial charge on any atom is 0.118 e. The summed E-state index contributed by atoms with van der Waals surface area (Å²) in [5.74, 6) is 1.08. The van der Waals surface area contributed by atoms with Crippen molar-refractivity contribution in [2.75, 3.05) is 5.32 Å². The predicted octanol–water partition coefficient (Wildman–Crippen LogP) is 4.88. The van der Waals surface area contributed by atoms with E-state index in [0.29, 0.717) is 0 Å². The molecule has 3 aromatic rings. The molecular weight excluding hydrogens is 292 g/mol. The van der Waals surface area contributed by atoms with Crippen LogP contribution < -0.4 is 5.32 Å². The third kappa shape index (κ3) is 1.93. The second-order valence-corrected chi connectivity index (χ2v) is 6.67. The van der Waals surface area contributed by atoms with Crippen molar-refractivity contribution in [2.45, 2.75) is 18.3 Å². The lowest BCUT2D eigenvalue weighted by Crippen LogP contribution is -2.48. The van der Waals surface area contributed by atoms with Crippen molar-refractivity contribution in [2.24, 2.45) is 4.99 Å². The van der Waals surface area contributed by atoms with Gasteiger partial charge in [-0.1, -0.05) is 66.7 Å². The average Bonchev–Trinajstić information content (AvgIpc) is 2.65. The molecular formula is C22H18N2. The molecule has 1 N–H and O–H groups in total. The molecule has 24 heavy (non-hydrogen) atoms. The van der Waals surface area contributed by atoms with Gasteiger partial charge in [0, 0.05) is 5.69 Å². The van der Waals surface area contributed by atoms with Gasteiger partial charge in [-0.3, -0.25) is 0 Å². The van der Waals surface area contributed by atoms with Gasteiger partial charge in [0.05, 0.1) is 11.1 Å². The molecule has 2 heterocycles. The lowest BCUT2D eigenvalue weighted by molar-refractivity contribution is 0.551. The van der Waals surface area contributed by atoms with Gasteiger partial charge in [-0.15, -0.1) is 0 Å². The van der Waals surface area contributed by atoms with Crippen LogP contribution in [0.15, 0.2) is 83.9 Å². The van der Waals surface area contributed by atoms with Crippen LogP contribution in [0, 0.1) is 0 Å². The number of anilines is 1. The molecule has 1 unspecified atom stereocenters. The first-order valence-electron chi connectivity index (χ1n) is 8.43. The third-order valence-corrected chi connectivity index (χ3v) is 5.26. The van der Waals surface area contributed by atoms with E-state index in [2.05, 4.69) is 84.2 Å². The van der Waals surface area contributed by atoms with Gasteiger partial charge in [-0.2, -0.15) is 0 Å². The Morgan fingerprint density at radius 2 is 1.38 bits per heavy atom. The van der Waals surface area contributed by atoms with Gasteiger partial charge in [0.15, 0.2) is 0 Å². The first-order valence-corrected chi connectivity index (χ1v) is 8.43. The van der Waals surface area contributed by atoms with E-state index in [0.717, 1.165) is 24.4 Å². The Morgan fingerprint density at radius 1 is 0.708 bits per heavy atom. The number of benzene rings is 3. The van der Waals surface area contributed by atoms with Crippen LogP contribution in [0.2, 0.25) is 0 Å². The molecule has 0 amide bonds. The first kappa shape index (κ1) is 13.6. The summed E-state index contributed by atoms with van der Waals surface area (Å²) >= 11 is 0. The monoisotopic (exact) mass is 310 g/mol. The Labute approximate surface area is 141 Å². The molecule has 0 fully saturated rings. The summed E-state index contributed by atoms with van der Waals surface area (Å²) in [7, 11) is 0. The Morgan fingerprint density at radius 3 is 2.25 bits per heavy atom. The zero-order valence-electron chi connectivity index (χ0n) is 13.4. The largest absolute Gasteiger partial charge is 0.343 e. The Hall–Kier alpha value is -2.87. The van der Waals surface area contributed by atoms with E-state index in [1.807, 2.05) is 0 Å². The minimum absolute atomic E-state index is 0.107. The quantitative estimate of drug-likeness (QED) is 0.680. The fraction of sp³-hybridized carbons (Fsp3) is 0.136. The summed E-state index contributed by atoms with van der Waals surface area (Å²) in [6.07, 6.45) is 1.96. The van der Waals surface area contributed by atoms with Gasteiger partial charge in [-0.25, -0.2) is 4.99 Å². The summed E-state index contributed by atoms with van der Waals surface area (Å²) in [5.41, 5.74) is 6.18. The Bertz CT molecular complexity index is 943. The van der Waals surface area contributed by atoms with E-state index in [4.69, 9.17) is 4.99 Å². The van der Waals surface area contributed by atoms with E-state index in [-0.39, 0.29) is 5.41 Å². The van der Waals surface area contributed by atoms with Crippen molar-refractivity contribution >= 4 is 17.2 Å². The maximum absolute atomic E-state index is 5.02. The maximum atomic E-state index is 5.02. The fourth-order valence-corrected chi connectivity index (χ4v) is 4.05. The molecule has 0 bridgehead atoms. The fourth-order valence-electron chi connectivity index (χ4n) is 4.05. The zero-order chi connectivity index (χ0) is 16.0. The Kier molecular flexibility index (Phi) is 2.86. The van der Waals surface area contributed by atoms with E-state index in [1.54, 1.807) is 0 Å². The summed E-state index contributed by atoms with van der Waals surface area (Å²) in [5, 5.41) is 3.63. The molecule has 0 radical (unpaired) electrons.